The number of primary amides is 1. The largest absolute Gasteiger partial charge is 0.368 e. The molecule has 0 saturated carbocycles. The van der Waals surface area contributed by atoms with Crippen LogP contribution in [-0.2, 0) is 27.2 Å². The quantitative estimate of drug-likeness (QED) is 0.623. The molecule has 0 aliphatic heterocycles. The molecule has 2 aromatic rings. The molecule has 3 amide bonds. The van der Waals surface area contributed by atoms with E-state index < -0.39 is 35.6 Å². The van der Waals surface area contributed by atoms with E-state index in [2.05, 4.69) is 10.6 Å². The molecular formula is C20H21ClFN3O3. The topological polar surface area (TPSA) is 101 Å². The minimum atomic E-state index is -1.02. The fourth-order valence-corrected chi connectivity index (χ4v) is 2.95. The molecule has 2 rings (SSSR count). The molecule has 0 saturated heterocycles. The minimum absolute atomic E-state index is 0.0563. The van der Waals surface area contributed by atoms with Crippen molar-refractivity contribution in [1.29, 1.82) is 0 Å². The van der Waals surface area contributed by atoms with E-state index in [4.69, 9.17) is 17.3 Å². The van der Waals surface area contributed by atoms with Crippen LogP contribution in [0, 0.1) is 5.82 Å². The van der Waals surface area contributed by atoms with Crippen LogP contribution in [-0.4, -0.2) is 29.8 Å². The van der Waals surface area contributed by atoms with Crippen LogP contribution in [0.25, 0.3) is 0 Å². The van der Waals surface area contributed by atoms with Crippen molar-refractivity contribution >= 4 is 29.3 Å². The summed E-state index contributed by atoms with van der Waals surface area (Å²) in [5.41, 5.74) is 6.59. The molecule has 0 bridgehead atoms. The summed E-state index contributed by atoms with van der Waals surface area (Å²) in [4.78, 5) is 36.0. The number of carbonyl (C=O) groups is 3. The summed E-state index contributed by atoms with van der Waals surface area (Å²) in [5.74, 6) is -2.22. The number of hydrogen-bond acceptors (Lipinski definition) is 3. The Kier molecular flexibility index (Phi) is 7.52. The van der Waals surface area contributed by atoms with Crippen LogP contribution in [0.3, 0.4) is 0 Å². The first kappa shape index (κ1) is 21.4. The second-order valence-electron chi connectivity index (χ2n) is 6.35. The minimum Gasteiger partial charge on any atom is -0.368 e. The fourth-order valence-electron chi connectivity index (χ4n) is 2.73. The summed E-state index contributed by atoms with van der Waals surface area (Å²) >= 11 is 6.11. The third-order valence-electron chi connectivity index (χ3n) is 4.06. The number of rotatable bonds is 8. The van der Waals surface area contributed by atoms with E-state index >= 15 is 0 Å². The molecular weight excluding hydrogens is 385 g/mol. The lowest BCUT2D eigenvalue weighted by Gasteiger charge is -2.22. The first-order valence-corrected chi connectivity index (χ1v) is 8.98. The monoisotopic (exact) mass is 405 g/mol. The molecule has 148 valence electrons. The number of halogens is 2. The Labute approximate surface area is 167 Å². The zero-order valence-corrected chi connectivity index (χ0v) is 16.0. The van der Waals surface area contributed by atoms with Crippen LogP contribution in [0.5, 0.6) is 0 Å². The van der Waals surface area contributed by atoms with Gasteiger partial charge in [-0.05, 0) is 29.3 Å². The maximum Gasteiger partial charge on any atom is 0.243 e. The van der Waals surface area contributed by atoms with Gasteiger partial charge < -0.3 is 16.4 Å². The zero-order chi connectivity index (χ0) is 20.7. The van der Waals surface area contributed by atoms with Gasteiger partial charge in [0.15, 0.2) is 0 Å². The van der Waals surface area contributed by atoms with Gasteiger partial charge in [0, 0.05) is 24.8 Å². The Hall–Kier alpha value is -2.93. The molecule has 8 heteroatoms. The number of carbonyl (C=O) groups excluding carboxylic acids is 3. The van der Waals surface area contributed by atoms with E-state index in [9.17, 15) is 18.8 Å². The number of amides is 3. The predicted molar refractivity (Wildman–Crippen MR) is 104 cm³/mol. The van der Waals surface area contributed by atoms with Crippen molar-refractivity contribution in [2.45, 2.75) is 31.8 Å². The molecule has 4 N–H and O–H groups in total. The van der Waals surface area contributed by atoms with Gasteiger partial charge >= 0.3 is 0 Å². The third-order valence-corrected chi connectivity index (χ3v) is 4.43. The van der Waals surface area contributed by atoms with Gasteiger partial charge in [-0.1, -0.05) is 41.9 Å². The lowest BCUT2D eigenvalue weighted by Crippen LogP contribution is -2.54. The summed E-state index contributed by atoms with van der Waals surface area (Å²) in [7, 11) is 0. The Morgan fingerprint density at radius 1 is 1.04 bits per heavy atom. The predicted octanol–water partition coefficient (Wildman–Crippen LogP) is 1.74. The second-order valence-corrected chi connectivity index (χ2v) is 6.75. The number of nitrogens with one attached hydrogen (secondary N) is 2. The van der Waals surface area contributed by atoms with Crippen molar-refractivity contribution in [2.24, 2.45) is 5.73 Å². The van der Waals surface area contributed by atoms with Gasteiger partial charge in [0.05, 0.1) is 0 Å². The van der Waals surface area contributed by atoms with Gasteiger partial charge in [0.25, 0.3) is 0 Å². The summed E-state index contributed by atoms with van der Waals surface area (Å²) in [6, 6.07) is 10.6. The normalized spacial score (nSPS) is 12.7. The van der Waals surface area contributed by atoms with E-state index in [0.29, 0.717) is 16.1 Å². The highest BCUT2D eigenvalue weighted by Crippen LogP contribution is 2.17. The first-order valence-electron chi connectivity index (χ1n) is 8.61. The average Bonchev–Trinajstić information content (AvgIpc) is 2.61. The summed E-state index contributed by atoms with van der Waals surface area (Å²) < 4.78 is 13.4. The maximum atomic E-state index is 13.4. The Bertz CT molecular complexity index is 875. The molecule has 0 radical (unpaired) electrons. The van der Waals surface area contributed by atoms with Gasteiger partial charge in [-0.3, -0.25) is 14.4 Å². The third kappa shape index (κ3) is 6.35. The molecule has 0 aromatic heterocycles. The standard InChI is InChI=1S/C20H21ClFN3O3/c1-12(26)24-18(10-13-5-4-7-15(22)9-13)20(28)25-17(19(23)27)11-14-6-2-3-8-16(14)21/h2-9,17-18H,10-11H2,1H3,(H2,23,27)(H,24,26)(H,25,28)/t17-,18+/m0/s1. The molecule has 0 spiro atoms. The second kappa shape index (κ2) is 9.85. The van der Waals surface area contributed by atoms with Crippen molar-refractivity contribution in [1.82, 2.24) is 10.6 Å². The molecule has 6 nitrogen and oxygen atoms in total. The van der Waals surface area contributed by atoms with E-state index in [1.54, 1.807) is 30.3 Å². The Balaban J connectivity index is 2.15. The lowest BCUT2D eigenvalue weighted by atomic mass is 10.0. The van der Waals surface area contributed by atoms with Crippen LogP contribution < -0.4 is 16.4 Å². The highest BCUT2D eigenvalue weighted by Gasteiger charge is 2.26. The number of benzene rings is 2. The molecule has 0 unspecified atom stereocenters. The highest BCUT2D eigenvalue weighted by atomic mass is 35.5. The van der Waals surface area contributed by atoms with E-state index in [0.717, 1.165) is 0 Å². The van der Waals surface area contributed by atoms with E-state index in [1.165, 1.54) is 25.1 Å². The van der Waals surface area contributed by atoms with Crippen molar-refractivity contribution in [3.05, 3.63) is 70.5 Å². The fraction of sp³-hybridized carbons (Fsp3) is 0.250. The average molecular weight is 406 g/mol. The maximum absolute atomic E-state index is 13.4. The summed E-state index contributed by atoms with van der Waals surface area (Å²) in [6.07, 6.45) is 0.161. The molecule has 0 fully saturated rings. The van der Waals surface area contributed by atoms with Gasteiger partial charge in [0.1, 0.15) is 17.9 Å². The van der Waals surface area contributed by atoms with Gasteiger partial charge in [0.2, 0.25) is 17.7 Å². The van der Waals surface area contributed by atoms with Crippen molar-refractivity contribution < 1.29 is 18.8 Å². The van der Waals surface area contributed by atoms with Crippen LogP contribution in [0.1, 0.15) is 18.1 Å². The Morgan fingerprint density at radius 2 is 1.75 bits per heavy atom. The molecule has 2 aromatic carbocycles. The van der Waals surface area contributed by atoms with Crippen molar-refractivity contribution in [2.75, 3.05) is 0 Å². The van der Waals surface area contributed by atoms with Crippen LogP contribution in [0.4, 0.5) is 4.39 Å². The summed E-state index contributed by atoms with van der Waals surface area (Å²) in [5, 5.41) is 5.51. The first-order chi connectivity index (χ1) is 13.3. The molecule has 0 aliphatic rings. The van der Waals surface area contributed by atoms with Crippen LogP contribution >= 0.6 is 11.6 Å². The molecule has 0 heterocycles. The van der Waals surface area contributed by atoms with Crippen molar-refractivity contribution in [3.8, 4) is 0 Å². The number of hydrogen-bond donors (Lipinski definition) is 3. The van der Waals surface area contributed by atoms with E-state index in [1.807, 2.05) is 0 Å². The van der Waals surface area contributed by atoms with Crippen LogP contribution in [0.15, 0.2) is 48.5 Å². The van der Waals surface area contributed by atoms with Gasteiger partial charge in [-0.15, -0.1) is 0 Å². The van der Waals surface area contributed by atoms with Crippen molar-refractivity contribution in [3.63, 3.8) is 0 Å². The SMILES string of the molecule is CC(=O)N[C@H](Cc1cccc(F)c1)C(=O)N[C@@H](Cc1ccccc1Cl)C(N)=O. The Morgan fingerprint density at radius 3 is 2.36 bits per heavy atom. The van der Waals surface area contributed by atoms with Crippen LogP contribution in [0.2, 0.25) is 5.02 Å². The van der Waals surface area contributed by atoms with E-state index in [-0.39, 0.29) is 12.8 Å². The van der Waals surface area contributed by atoms with Gasteiger partial charge in [-0.2, -0.15) is 0 Å². The number of nitrogens with two attached hydrogens (primary N) is 1. The molecule has 28 heavy (non-hydrogen) atoms. The molecule has 2 atom stereocenters. The molecule has 0 aliphatic carbocycles. The lowest BCUT2D eigenvalue weighted by molar-refractivity contribution is -0.130. The smallest absolute Gasteiger partial charge is 0.243 e. The van der Waals surface area contributed by atoms with Gasteiger partial charge in [-0.25, -0.2) is 4.39 Å². The zero-order valence-electron chi connectivity index (χ0n) is 15.2. The summed E-state index contributed by atoms with van der Waals surface area (Å²) in [6.45, 7) is 1.27. The highest BCUT2D eigenvalue weighted by molar-refractivity contribution is 6.31.